The lowest BCUT2D eigenvalue weighted by Crippen LogP contribution is -2.39. The maximum atomic E-state index is 8.99. The molecule has 14 heavy (non-hydrogen) atoms. The first-order valence-electron chi connectivity index (χ1n) is 5.60. The summed E-state index contributed by atoms with van der Waals surface area (Å²) in [6.45, 7) is 8.56. The molecule has 0 aliphatic rings. The van der Waals surface area contributed by atoms with E-state index >= 15 is 0 Å². The number of aliphatic hydroxyl groups is 1. The number of rotatable bonds is 8. The van der Waals surface area contributed by atoms with Gasteiger partial charge in [-0.2, -0.15) is 0 Å². The molecule has 0 bridgehead atoms. The fourth-order valence-electron chi connectivity index (χ4n) is 1.81. The minimum atomic E-state index is 0.242. The van der Waals surface area contributed by atoms with Crippen molar-refractivity contribution >= 4 is 11.6 Å². The molecule has 0 aromatic carbocycles. The van der Waals surface area contributed by atoms with Crippen molar-refractivity contribution in [3.63, 3.8) is 0 Å². The van der Waals surface area contributed by atoms with Crippen LogP contribution in [0.25, 0.3) is 0 Å². The standard InChI is InChI=1S/C11H24ClNO/c1-4-11(5-2)13(6-7-14)9-10(3)8-12/h10-11,14H,4-9H2,1-3H3. The maximum Gasteiger partial charge on any atom is 0.0558 e. The van der Waals surface area contributed by atoms with Crippen LogP contribution < -0.4 is 0 Å². The lowest BCUT2D eigenvalue weighted by atomic mass is 10.1. The van der Waals surface area contributed by atoms with Crippen LogP contribution in [0.5, 0.6) is 0 Å². The average Bonchev–Trinajstić information content (AvgIpc) is 2.19. The van der Waals surface area contributed by atoms with Crippen molar-refractivity contribution < 1.29 is 5.11 Å². The molecule has 0 aromatic rings. The Morgan fingerprint density at radius 2 is 1.86 bits per heavy atom. The summed E-state index contributed by atoms with van der Waals surface area (Å²) in [6.07, 6.45) is 2.29. The Bertz CT molecular complexity index is 128. The second-order valence-corrected chi connectivity index (χ2v) is 4.26. The van der Waals surface area contributed by atoms with E-state index in [1.54, 1.807) is 0 Å². The van der Waals surface area contributed by atoms with Gasteiger partial charge in [0.2, 0.25) is 0 Å². The van der Waals surface area contributed by atoms with Crippen molar-refractivity contribution in [3.05, 3.63) is 0 Å². The molecule has 0 aliphatic heterocycles. The summed E-state index contributed by atoms with van der Waals surface area (Å²) in [5.41, 5.74) is 0. The number of hydrogen-bond donors (Lipinski definition) is 1. The molecule has 0 rings (SSSR count). The van der Waals surface area contributed by atoms with Crippen LogP contribution in [0.15, 0.2) is 0 Å². The largest absolute Gasteiger partial charge is 0.395 e. The zero-order valence-corrected chi connectivity index (χ0v) is 10.4. The zero-order valence-electron chi connectivity index (χ0n) is 9.67. The Hall–Kier alpha value is 0.210. The van der Waals surface area contributed by atoms with Crippen LogP contribution in [0, 0.1) is 5.92 Å². The summed E-state index contributed by atoms with van der Waals surface area (Å²) < 4.78 is 0. The number of alkyl halides is 1. The first-order valence-corrected chi connectivity index (χ1v) is 6.13. The van der Waals surface area contributed by atoms with Gasteiger partial charge in [0, 0.05) is 25.0 Å². The van der Waals surface area contributed by atoms with Gasteiger partial charge >= 0.3 is 0 Å². The number of halogens is 1. The summed E-state index contributed by atoms with van der Waals surface area (Å²) in [5, 5.41) is 8.99. The van der Waals surface area contributed by atoms with Crippen LogP contribution in [0.1, 0.15) is 33.6 Å². The molecule has 0 fully saturated rings. The van der Waals surface area contributed by atoms with E-state index in [1.165, 1.54) is 0 Å². The summed E-state index contributed by atoms with van der Waals surface area (Å²) in [7, 11) is 0. The predicted molar refractivity (Wildman–Crippen MR) is 62.9 cm³/mol. The molecule has 86 valence electrons. The maximum absolute atomic E-state index is 8.99. The molecule has 1 unspecified atom stereocenters. The van der Waals surface area contributed by atoms with Crippen LogP contribution in [0.2, 0.25) is 0 Å². The lowest BCUT2D eigenvalue weighted by molar-refractivity contribution is 0.130. The van der Waals surface area contributed by atoms with E-state index in [9.17, 15) is 0 Å². The highest BCUT2D eigenvalue weighted by molar-refractivity contribution is 6.18. The molecule has 2 nitrogen and oxygen atoms in total. The van der Waals surface area contributed by atoms with Gasteiger partial charge in [-0.25, -0.2) is 0 Å². The molecule has 0 aromatic heterocycles. The van der Waals surface area contributed by atoms with Crippen molar-refractivity contribution in [2.24, 2.45) is 5.92 Å². The molecule has 0 aliphatic carbocycles. The van der Waals surface area contributed by atoms with Gasteiger partial charge < -0.3 is 5.11 Å². The molecule has 0 radical (unpaired) electrons. The van der Waals surface area contributed by atoms with E-state index in [4.69, 9.17) is 16.7 Å². The monoisotopic (exact) mass is 221 g/mol. The summed E-state index contributed by atoms with van der Waals surface area (Å²) in [6, 6.07) is 0.591. The predicted octanol–water partition coefficient (Wildman–Crippen LogP) is 2.34. The molecule has 1 atom stereocenters. The van der Waals surface area contributed by atoms with E-state index < -0.39 is 0 Å². The third kappa shape index (κ3) is 5.18. The van der Waals surface area contributed by atoms with E-state index in [2.05, 4.69) is 25.7 Å². The van der Waals surface area contributed by atoms with E-state index in [0.29, 0.717) is 17.8 Å². The van der Waals surface area contributed by atoms with Crippen molar-refractivity contribution in [1.29, 1.82) is 0 Å². The smallest absolute Gasteiger partial charge is 0.0558 e. The van der Waals surface area contributed by atoms with Crippen LogP contribution in [-0.2, 0) is 0 Å². The fourth-order valence-corrected chi connectivity index (χ4v) is 1.90. The van der Waals surface area contributed by atoms with E-state index in [-0.39, 0.29) is 6.61 Å². The van der Waals surface area contributed by atoms with Crippen molar-refractivity contribution in [3.8, 4) is 0 Å². The van der Waals surface area contributed by atoms with Gasteiger partial charge in [-0.05, 0) is 18.8 Å². The Morgan fingerprint density at radius 3 is 2.21 bits per heavy atom. The van der Waals surface area contributed by atoms with Crippen LogP contribution in [0.3, 0.4) is 0 Å². The van der Waals surface area contributed by atoms with Crippen molar-refractivity contribution in [1.82, 2.24) is 4.90 Å². The Labute approximate surface area is 93.2 Å². The van der Waals surface area contributed by atoms with Gasteiger partial charge in [-0.1, -0.05) is 20.8 Å². The topological polar surface area (TPSA) is 23.5 Å². The SMILES string of the molecule is CCC(CC)N(CCO)CC(C)CCl. The van der Waals surface area contributed by atoms with Gasteiger partial charge in [0.1, 0.15) is 0 Å². The lowest BCUT2D eigenvalue weighted by Gasteiger charge is -2.31. The highest BCUT2D eigenvalue weighted by atomic mass is 35.5. The quantitative estimate of drug-likeness (QED) is 0.637. The van der Waals surface area contributed by atoms with Gasteiger partial charge in [0.15, 0.2) is 0 Å². The molecular formula is C11H24ClNO. The van der Waals surface area contributed by atoms with Crippen LogP contribution >= 0.6 is 11.6 Å². The second kappa shape index (κ2) is 8.51. The third-order valence-corrected chi connectivity index (χ3v) is 3.18. The van der Waals surface area contributed by atoms with Gasteiger partial charge in [0.05, 0.1) is 6.61 Å². The Kier molecular flexibility index (Phi) is 8.64. The molecule has 0 amide bonds. The molecule has 0 heterocycles. The van der Waals surface area contributed by atoms with E-state index in [0.717, 1.165) is 25.9 Å². The average molecular weight is 222 g/mol. The van der Waals surface area contributed by atoms with Gasteiger partial charge in [-0.15, -0.1) is 11.6 Å². The number of aliphatic hydroxyl groups excluding tert-OH is 1. The molecular weight excluding hydrogens is 198 g/mol. The molecule has 3 heteroatoms. The van der Waals surface area contributed by atoms with Crippen molar-refractivity contribution in [2.75, 3.05) is 25.6 Å². The molecule has 1 N–H and O–H groups in total. The third-order valence-electron chi connectivity index (χ3n) is 2.66. The Morgan fingerprint density at radius 1 is 1.29 bits per heavy atom. The summed E-state index contributed by atoms with van der Waals surface area (Å²) in [5.74, 6) is 1.20. The first-order chi connectivity index (χ1) is 6.69. The minimum Gasteiger partial charge on any atom is -0.395 e. The van der Waals surface area contributed by atoms with Crippen LogP contribution in [0.4, 0.5) is 0 Å². The highest BCUT2D eigenvalue weighted by Crippen LogP contribution is 2.11. The first kappa shape index (κ1) is 14.2. The van der Waals surface area contributed by atoms with Gasteiger partial charge in [0.25, 0.3) is 0 Å². The summed E-state index contributed by atoms with van der Waals surface area (Å²) in [4.78, 5) is 2.35. The van der Waals surface area contributed by atoms with Gasteiger partial charge in [-0.3, -0.25) is 4.90 Å². The molecule has 0 saturated carbocycles. The Balaban J connectivity index is 4.10. The normalized spacial score (nSPS) is 13.9. The van der Waals surface area contributed by atoms with Crippen LogP contribution in [-0.4, -0.2) is 41.6 Å². The zero-order chi connectivity index (χ0) is 11.0. The second-order valence-electron chi connectivity index (χ2n) is 3.95. The molecule has 0 saturated heterocycles. The number of nitrogens with zero attached hydrogens (tertiary/aromatic N) is 1. The molecule has 0 spiro atoms. The fraction of sp³-hybridized carbons (Fsp3) is 1.00. The summed E-state index contributed by atoms with van der Waals surface area (Å²) >= 11 is 5.80. The van der Waals surface area contributed by atoms with E-state index in [1.807, 2.05) is 0 Å². The highest BCUT2D eigenvalue weighted by Gasteiger charge is 2.16. The van der Waals surface area contributed by atoms with Crippen molar-refractivity contribution in [2.45, 2.75) is 39.7 Å². The minimum absolute atomic E-state index is 0.242. The number of hydrogen-bond acceptors (Lipinski definition) is 2.